The summed E-state index contributed by atoms with van der Waals surface area (Å²) in [6.45, 7) is 4.02. The molecule has 0 amide bonds. The van der Waals surface area contributed by atoms with Crippen molar-refractivity contribution in [1.82, 2.24) is 0 Å². The molecular formula is C87H144O5. The van der Waals surface area contributed by atoms with E-state index in [0.29, 0.717) is 12.8 Å². The maximum atomic E-state index is 12.4. The van der Waals surface area contributed by atoms with E-state index in [1.807, 2.05) is 0 Å². The van der Waals surface area contributed by atoms with E-state index < -0.39 is 6.10 Å². The average Bonchev–Trinajstić information content (AvgIpc) is 3.64. The van der Waals surface area contributed by atoms with Crippen molar-refractivity contribution in [2.45, 2.75) is 354 Å². The molecule has 0 aliphatic rings. The molecule has 0 radical (unpaired) electrons. The lowest BCUT2D eigenvalue weighted by molar-refractivity contribution is -0.161. The second-order valence-corrected chi connectivity index (χ2v) is 25.3. The highest BCUT2D eigenvalue weighted by Crippen LogP contribution is 2.18. The van der Waals surface area contributed by atoms with Crippen LogP contribution in [-0.2, 0) is 19.1 Å². The molecular weight excluding hydrogens is 1120 g/mol. The Bertz CT molecular complexity index is 1980. The van der Waals surface area contributed by atoms with Crippen LogP contribution in [0.2, 0.25) is 0 Å². The average molecular weight is 1270 g/mol. The van der Waals surface area contributed by atoms with Crippen molar-refractivity contribution in [3.8, 4) is 0 Å². The van der Waals surface area contributed by atoms with Crippen molar-refractivity contribution in [2.24, 2.45) is 0 Å². The van der Waals surface area contributed by atoms with Crippen LogP contribution in [0.25, 0.3) is 0 Å². The van der Waals surface area contributed by atoms with E-state index in [-0.39, 0.29) is 25.2 Å². The maximum absolute atomic E-state index is 12.4. The monoisotopic (exact) mass is 1270 g/mol. The Morgan fingerprint density at radius 2 is 0.467 bits per heavy atom. The van der Waals surface area contributed by atoms with Crippen molar-refractivity contribution >= 4 is 11.9 Å². The Balaban J connectivity index is 3.55. The highest BCUT2D eigenvalue weighted by atomic mass is 16.6. The second-order valence-electron chi connectivity index (χ2n) is 25.3. The minimum atomic E-state index is -0.798. The predicted octanol–water partition coefficient (Wildman–Crippen LogP) is 27.5. The number of carbonyl (C=O) groups excluding carboxylic acids is 2. The summed E-state index contributed by atoms with van der Waals surface area (Å²) < 4.78 is 10.8. The summed E-state index contributed by atoms with van der Waals surface area (Å²) in [6.07, 6.45) is 124. The molecule has 0 saturated heterocycles. The maximum Gasteiger partial charge on any atom is 0.306 e. The molecule has 0 rings (SSSR count). The van der Waals surface area contributed by atoms with Gasteiger partial charge in [-0.1, -0.05) is 370 Å². The first-order chi connectivity index (χ1) is 45.6. The van der Waals surface area contributed by atoms with Crippen molar-refractivity contribution in [3.05, 3.63) is 170 Å². The van der Waals surface area contributed by atoms with Crippen molar-refractivity contribution < 1.29 is 24.2 Å². The minimum absolute atomic E-state index is 0.0828. The van der Waals surface area contributed by atoms with Crippen LogP contribution < -0.4 is 0 Å². The molecule has 0 aliphatic carbocycles. The van der Waals surface area contributed by atoms with Crippen LogP contribution in [0.4, 0.5) is 0 Å². The largest absolute Gasteiger partial charge is 0.462 e. The van der Waals surface area contributed by atoms with Gasteiger partial charge in [0, 0.05) is 12.8 Å². The molecule has 0 aromatic heterocycles. The molecule has 1 N–H and O–H groups in total. The Kier molecular flexibility index (Phi) is 76.3. The molecule has 92 heavy (non-hydrogen) atoms. The minimum Gasteiger partial charge on any atom is -0.462 e. The Labute approximate surface area is 570 Å². The molecule has 522 valence electrons. The fraction of sp³-hybridized carbons (Fsp3) is 0.655. The smallest absolute Gasteiger partial charge is 0.306 e. The fourth-order valence-electron chi connectivity index (χ4n) is 10.7. The molecule has 0 fully saturated rings. The van der Waals surface area contributed by atoms with Gasteiger partial charge in [0.15, 0.2) is 6.10 Å². The molecule has 0 saturated carbocycles. The quantitative estimate of drug-likeness (QED) is 0.0373. The van der Waals surface area contributed by atoms with Gasteiger partial charge in [0.2, 0.25) is 0 Å². The van der Waals surface area contributed by atoms with Gasteiger partial charge >= 0.3 is 11.9 Å². The zero-order valence-electron chi connectivity index (χ0n) is 60.0. The third-order valence-corrected chi connectivity index (χ3v) is 16.5. The number of carbonyl (C=O) groups is 2. The van der Waals surface area contributed by atoms with E-state index in [2.05, 4.69) is 184 Å². The summed E-state index contributed by atoms with van der Waals surface area (Å²) in [6, 6.07) is 0. The van der Waals surface area contributed by atoms with E-state index in [1.54, 1.807) is 0 Å². The summed E-state index contributed by atoms with van der Waals surface area (Å²) in [5, 5.41) is 9.72. The summed E-state index contributed by atoms with van der Waals surface area (Å²) in [5.74, 6) is -0.618. The molecule has 0 spiro atoms. The van der Waals surface area contributed by atoms with Crippen LogP contribution in [0.15, 0.2) is 170 Å². The standard InChI is InChI=1S/C87H144O5/c1-3-5-7-9-11-13-15-17-19-21-23-25-27-29-31-33-35-37-39-41-42-43-44-46-48-50-52-54-56-58-60-62-64-66-68-70-72-74-76-78-80-82-87(90)92-85(83-88)84-91-86(89)81-79-77-75-73-71-69-67-65-63-61-59-57-55-53-51-49-47-45-40-38-36-34-32-30-28-26-24-22-20-18-16-14-12-10-8-6-4-2/h5,7,11,13,16-19,22-25,29,31,35,37,41-42,44,46,50,52,56,58,62,64,68,70,85,88H,3-4,6,8-10,12,14-15,20-21,26-28,30,32-34,36,38-40,43,45,47-49,51,53-55,57,59-61,63,65-67,69,71-84H2,1-2H3/b7-5-,13-11-,18-16-,19-17-,24-22-,25-23-,31-29-,37-35-,42-41-,46-44-,52-50-,58-56-,64-62-,70-68-. The van der Waals surface area contributed by atoms with E-state index >= 15 is 0 Å². The van der Waals surface area contributed by atoms with Gasteiger partial charge in [-0.3, -0.25) is 9.59 Å². The van der Waals surface area contributed by atoms with Gasteiger partial charge in [0.25, 0.3) is 0 Å². The first-order valence-corrected chi connectivity index (χ1v) is 38.7. The van der Waals surface area contributed by atoms with E-state index in [0.717, 1.165) is 135 Å². The lowest BCUT2D eigenvalue weighted by atomic mass is 10.0. The van der Waals surface area contributed by atoms with Gasteiger partial charge in [-0.2, -0.15) is 0 Å². The lowest BCUT2D eigenvalue weighted by Crippen LogP contribution is -2.28. The third kappa shape index (κ3) is 77.7. The zero-order chi connectivity index (χ0) is 66.1. The van der Waals surface area contributed by atoms with Crippen LogP contribution in [0.5, 0.6) is 0 Å². The molecule has 0 aromatic rings. The van der Waals surface area contributed by atoms with Gasteiger partial charge in [-0.15, -0.1) is 0 Å². The molecule has 0 aromatic carbocycles. The fourth-order valence-corrected chi connectivity index (χ4v) is 10.7. The van der Waals surface area contributed by atoms with Crippen LogP contribution in [-0.4, -0.2) is 36.4 Å². The van der Waals surface area contributed by atoms with Crippen molar-refractivity contribution in [2.75, 3.05) is 13.2 Å². The normalized spacial score (nSPS) is 13.2. The topological polar surface area (TPSA) is 72.8 Å². The lowest BCUT2D eigenvalue weighted by Gasteiger charge is -2.15. The number of aliphatic hydroxyl groups is 1. The van der Waals surface area contributed by atoms with Crippen molar-refractivity contribution in [3.63, 3.8) is 0 Å². The molecule has 1 unspecified atom stereocenters. The van der Waals surface area contributed by atoms with Gasteiger partial charge in [0.05, 0.1) is 6.61 Å². The summed E-state index contributed by atoms with van der Waals surface area (Å²) in [5.41, 5.74) is 0. The van der Waals surface area contributed by atoms with E-state index in [4.69, 9.17) is 9.47 Å². The Morgan fingerprint density at radius 1 is 0.261 bits per heavy atom. The van der Waals surface area contributed by atoms with Crippen LogP contribution in [0.3, 0.4) is 0 Å². The Morgan fingerprint density at radius 3 is 0.707 bits per heavy atom. The van der Waals surface area contributed by atoms with E-state index in [1.165, 1.54) is 186 Å². The van der Waals surface area contributed by atoms with Gasteiger partial charge in [-0.25, -0.2) is 0 Å². The molecule has 0 bridgehead atoms. The molecule has 0 heterocycles. The summed E-state index contributed by atoms with van der Waals surface area (Å²) >= 11 is 0. The molecule has 1 atom stereocenters. The number of hydrogen-bond donors (Lipinski definition) is 1. The summed E-state index contributed by atoms with van der Waals surface area (Å²) in [4.78, 5) is 24.7. The van der Waals surface area contributed by atoms with Gasteiger partial charge < -0.3 is 14.6 Å². The molecule has 5 nitrogen and oxygen atoms in total. The van der Waals surface area contributed by atoms with Crippen LogP contribution >= 0.6 is 0 Å². The number of allylic oxidation sites excluding steroid dienone is 28. The predicted molar refractivity (Wildman–Crippen MR) is 407 cm³/mol. The number of ether oxygens (including phenoxy) is 2. The van der Waals surface area contributed by atoms with Gasteiger partial charge in [-0.05, 0) is 135 Å². The Hall–Kier alpha value is -4.74. The SMILES string of the molecule is CC/C=C\C/C=C\C/C=C\C/C=C\C/C=C\C/C=C\C/C=C\C/C=C\C/C=C\C/C=C\C/C=C\C/C=C\CCCCCCC(=O)OC(CO)COC(=O)CCCCCCCCCCCCCCCCCCCCCCCCCCC/C=C\C/C=C\CCCCCCC. The van der Waals surface area contributed by atoms with Gasteiger partial charge in [0.1, 0.15) is 6.61 Å². The highest BCUT2D eigenvalue weighted by Gasteiger charge is 2.16. The van der Waals surface area contributed by atoms with Crippen molar-refractivity contribution in [1.29, 1.82) is 0 Å². The number of esters is 2. The number of aliphatic hydroxyl groups excluding tert-OH is 1. The van der Waals surface area contributed by atoms with E-state index in [9.17, 15) is 14.7 Å². The molecule has 5 heteroatoms. The number of hydrogen-bond acceptors (Lipinski definition) is 5. The summed E-state index contributed by atoms with van der Waals surface area (Å²) in [7, 11) is 0. The zero-order valence-corrected chi connectivity index (χ0v) is 60.0. The number of unbranched alkanes of at least 4 members (excludes halogenated alkanes) is 34. The van der Waals surface area contributed by atoms with Crippen LogP contribution in [0, 0.1) is 0 Å². The highest BCUT2D eigenvalue weighted by molar-refractivity contribution is 5.70. The third-order valence-electron chi connectivity index (χ3n) is 16.5. The first kappa shape index (κ1) is 87.3. The molecule has 0 aliphatic heterocycles. The number of rotatable bonds is 70. The van der Waals surface area contributed by atoms with Crippen LogP contribution in [0.1, 0.15) is 348 Å². The first-order valence-electron chi connectivity index (χ1n) is 38.7. The second kappa shape index (κ2) is 80.5.